The maximum Gasteiger partial charge on any atom is 0.251 e. The van der Waals surface area contributed by atoms with Crippen LogP contribution in [0.1, 0.15) is 46.5 Å². The zero-order valence-corrected chi connectivity index (χ0v) is 23.3. The van der Waals surface area contributed by atoms with Crippen molar-refractivity contribution >= 4 is 5.91 Å². The van der Waals surface area contributed by atoms with Crippen LogP contribution >= 0.6 is 0 Å². The van der Waals surface area contributed by atoms with E-state index in [2.05, 4.69) is 48.3 Å². The van der Waals surface area contributed by atoms with Gasteiger partial charge in [0.25, 0.3) is 5.91 Å². The van der Waals surface area contributed by atoms with Crippen molar-refractivity contribution in [2.45, 2.75) is 39.4 Å². The summed E-state index contributed by atoms with van der Waals surface area (Å²) in [5.41, 5.74) is 5.00. The van der Waals surface area contributed by atoms with Crippen LogP contribution in [0.2, 0.25) is 0 Å². The monoisotopic (exact) mass is 532 g/mol. The Kier molecular flexibility index (Phi) is 10.8. The normalized spacial score (nSPS) is 14.7. The second kappa shape index (κ2) is 14.7. The molecule has 1 heterocycles. The van der Waals surface area contributed by atoms with Gasteiger partial charge in [-0.15, -0.1) is 0 Å². The number of hydrogen-bond acceptors (Lipinski definition) is 6. The lowest BCUT2D eigenvalue weighted by Crippen LogP contribution is -2.33. The highest BCUT2D eigenvalue weighted by Gasteiger charge is 2.15. The molecule has 1 aliphatic heterocycles. The van der Waals surface area contributed by atoms with Crippen LogP contribution in [0.4, 0.5) is 0 Å². The van der Waals surface area contributed by atoms with Gasteiger partial charge in [0.2, 0.25) is 0 Å². The van der Waals surface area contributed by atoms with Gasteiger partial charge in [-0.25, -0.2) is 0 Å². The van der Waals surface area contributed by atoms with Crippen molar-refractivity contribution in [3.63, 3.8) is 0 Å². The molecule has 0 atom stereocenters. The summed E-state index contributed by atoms with van der Waals surface area (Å²) in [5, 5.41) is 3.04. The van der Waals surface area contributed by atoms with E-state index in [1.54, 1.807) is 7.11 Å². The predicted molar refractivity (Wildman–Crippen MR) is 153 cm³/mol. The molecule has 0 saturated heterocycles. The molecule has 4 rings (SSSR count). The first-order chi connectivity index (χ1) is 19.0. The molecule has 1 N–H and O–H groups in total. The average molecular weight is 533 g/mol. The van der Waals surface area contributed by atoms with Gasteiger partial charge in [0.05, 0.1) is 19.8 Å². The molecular formula is C32H40N2O5. The molecule has 0 radical (unpaired) electrons. The Morgan fingerprint density at radius 3 is 2.67 bits per heavy atom. The Morgan fingerprint density at radius 1 is 0.974 bits per heavy atom. The van der Waals surface area contributed by atoms with Crippen molar-refractivity contribution < 1.29 is 23.7 Å². The molecule has 3 aromatic rings. The summed E-state index contributed by atoms with van der Waals surface area (Å²) in [4.78, 5) is 15.5. The third-order valence-corrected chi connectivity index (χ3v) is 6.74. The summed E-state index contributed by atoms with van der Waals surface area (Å²) in [7, 11) is 1.64. The molecule has 0 aliphatic carbocycles. The second-order valence-corrected chi connectivity index (χ2v) is 10.0. The summed E-state index contributed by atoms with van der Waals surface area (Å²) >= 11 is 0. The van der Waals surface area contributed by atoms with Crippen LogP contribution in [0.15, 0.2) is 66.7 Å². The van der Waals surface area contributed by atoms with Gasteiger partial charge in [0, 0.05) is 44.8 Å². The van der Waals surface area contributed by atoms with Crippen molar-refractivity contribution in [1.29, 1.82) is 0 Å². The van der Waals surface area contributed by atoms with E-state index >= 15 is 0 Å². The SMILES string of the molecule is COCCOc1cccc(CNC(=O)c2ccc3c(c2)Cc2cccc(c2)CN(C(C)C)CCOCCO3)c1. The summed E-state index contributed by atoms with van der Waals surface area (Å²) in [6.45, 7) is 9.23. The summed E-state index contributed by atoms with van der Waals surface area (Å²) in [5.74, 6) is 1.40. The predicted octanol–water partition coefficient (Wildman–Crippen LogP) is 4.85. The van der Waals surface area contributed by atoms with E-state index in [1.807, 2.05) is 42.5 Å². The molecule has 208 valence electrons. The van der Waals surface area contributed by atoms with E-state index < -0.39 is 0 Å². The quantitative estimate of drug-likeness (QED) is 0.418. The molecule has 0 unspecified atom stereocenters. The maximum absolute atomic E-state index is 13.1. The van der Waals surface area contributed by atoms with Gasteiger partial charge in [-0.3, -0.25) is 9.69 Å². The largest absolute Gasteiger partial charge is 0.491 e. The molecule has 39 heavy (non-hydrogen) atoms. The number of fused-ring (bicyclic) bond motifs is 3. The van der Waals surface area contributed by atoms with Crippen molar-refractivity contribution in [1.82, 2.24) is 10.2 Å². The Morgan fingerprint density at radius 2 is 1.82 bits per heavy atom. The van der Waals surface area contributed by atoms with Crippen LogP contribution in [-0.2, 0) is 29.0 Å². The molecule has 0 aromatic heterocycles. The van der Waals surface area contributed by atoms with E-state index in [4.69, 9.17) is 18.9 Å². The Labute approximate surface area is 232 Å². The van der Waals surface area contributed by atoms with E-state index in [0.29, 0.717) is 57.6 Å². The lowest BCUT2D eigenvalue weighted by molar-refractivity contribution is 0.0695. The number of benzene rings is 3. The third kappa shape index (κ3) is 8.82. The highest BCUT2D eigenvalue weighted by molar-refractivity contribution is 5.94. The zero-order chi connectivity index (χ0) is 27.5. The van der Waals surface area contributed by atoms with Gasteiger partial charge in [0.15, 0.2) is 0 Å². The standard InChI is InChI=1S/C32H40N2O5/c1-24(2)34-12-13-37-15-17-39-31-11-10-28(21-29(31)19-25-6-4-8-27(18-25)23-34)32(35)33-22-26-7-5-9-30(20-26)38-16-14-36-3/h4-11,18,20-21,24H,12-17,19,22-23H2,1-3H3,(H,33,35). The van der Waals surface area contributed by atoms with E-state index in [0.717, 1.165) is 35.7 Å². The lowest BCUT2D eigenvalue weighted by atomic mass is 9.99. The van der Waals surface area contributed by atoms with Crippen LogP contribution in [0.5, 0.6) is 11.5 Å². The van der Waals surface area contributed by atoms with Gasteiger partial charge in [-0.05, 0) is 66.4 Å². The van der Waals surface area contributed by atoms with Crippen LogP contribution in [-0.4, -0.2) is 63.5 Å². The number of hydrogen-bond donors (Lipinski definition) is 1. The highest BCUT2D eigenvalue weighted by Crippen LogP contribution is 2.25. The van der Waals surface area contributed by atoms with E-state index in [9.17, 15) is 4.79 Å². The first kappa shape index (κ1) is 28.6. The Balaban J connectivity index is 1.48. The molecule has 0 spiro atoms. The molecule has 7 nitrogen and oxygen atoms in total. The van der Waals surface area contributed by atoms with Crippen LogP contribution < -0.4 is 14.8 Å². The number of ether oxygens (including phenoxy) is 4. The van der Waals surface area contributed by atoms with Crippen LogP contribution in [0.3, 0.4) is 0 Å². The van der Waals surface area contributed by atoms with Crippen molar-refractivity contribution in [2.24, 2.45) is 0 Å². The lowest BCUT2D eigenvalue weighted by Gasteiger charge is -2.27. The summed E-state index contributed by atoms with van der Waals surface area (Å²) in [6.07, 6.45) is 0.674. The van der Waals surface area contributed by atoms with Gasteiger partial charge < -0.3 is 24.3 Å². The van der Waals surface area contributed by atoms with Gasteiger partial charge >= 0.3 is 0 Å². The molecule has 7 heteroatoms. The maximum atomic E-state index is 13.1. The summed E-state index contributed by atoms with van der Waals surface area (Å²) < 4.78 is 22.7. The molecule has 2 bridgehead atoms. The topological polar surface area (TPSA) is 69.3 Å². The Bertz CT molecular complexity index is 1210. The van der Waals surface area contributed by atoms with Gasteiger partial charge in [0.1, 0.15) is 24.7 Å². The molecule has 3 aromatic carbocycles. The van der Waals surface area contributed by atoms with Crippen molar-refractivity contribution in [3.8, 4) is 11.5 Å². The fourth-order valence-corrected chi connectivity index (χ4v) is 4.58. The minimum Gasteiger partial charge on any atom is -0.491 e. The number of carbonyl (C=O) groups excluding carboxylic acids is 1. The van der Waals surface area contributed by atoms with Crippen LogP contribution in [0.25, 0.3) is 0 Å². The zero-order valence-electron chi connectivity index (χ0n) is 23.3. The van der Waals surface area contributed by atoms with Gasteiger partial charge in [-0.1, -0.05) is 36.4 Å². The molecular weight excluding hydrogens is 492 g/mol. The number of nitrogens with zero attached hydrogens (tertiary/aromatic N) is 1. The number of carbonyl (C=O) groups is 1. The first-order valence-corrected chi connectivity index (χ1v) is 13.7. The fraction of sp³-hybridized carbons (Fsp3) is 0.406. The van der Waals surface area contributed by atoms with E-state index in [-0.39, 0.29) is 5.91 Å². The molecule has 0 saturated carbocycles. The molecule has 1 aliphatic rings. The number of rotatable bonds is 8. The van der Waals surface area contributed by atoms with Gasteiger partial charge in [-0.2, -0.15) is 0 Å². The number of nitrogens with one attached hydrogen (secondary N) is 1. The molecule has 0 fully saturated rings. The molecule has 1 amide bonds. The Hall–Kier alpha value is -3.39. The van der Waals surface area contributed by atoms with Crippen molar-refractivity contribution in [3.05, 3.63) is 94.5 Å². The minimum absolute atomic E-state index is 0.132. The van der Waals surface area contributed by atoms with Crippen molar-refractivity contribution in [2.75, 3.05) is 46.7 Å². The fourth-order valence-electron chi connectivity index (χ4n) is 4.58. The number of methoxy groups -OCH3 is 1. The summed E-state index contributed by atoms with van der Waals surface area (Å²) in [6, 6.07) is 22.5. The van der Waals surface area contributed by atoms with Crippen LogP contribution in [0, 0.1) is 0 Å². The average Bonchev–Trinajstić information content (AvgIpc) is 2.93. The highest BCUT2D eigenvalue weighted by atomic mass is 16.5. The first-order valence-electron chi connectivity index (χ1n) is 13.7. The van der Waals surface area contributed by atoms with E-state index in [1.165, 1.54) is 11.1 Å². The second-order valence-electron chi connectivity index (χ2n) is 10.0. The smallest absolute Gasteiger partial charge is 0.251 e. The minimum atomic E-state index is -0.132. The number of amides is 1. The third-order valence-electron chi connectivity index (χ3n) is 6.74.